The van der Waals surface area contributed by atoms with Gasteiger partial charge in [-0.05, 0) is 30.7 Å². The van der Waals surface area contributed by atoms with Crippen molar-refractivity contribution in [2.45, 2.75) is 13.3 Å². The first-order valence-corrected chi connectivity index (χ1v) is 14.9. The van der Waals surface area contributed by atoms with Crippen LogP contribution in [0.4, 0.5) is 21.2 Å². The molecule has 2 saturated heterocycles. The number of amides is 1. The van der Waals surface area contributed by atoms with Gasteiger partial charge in [0.15, 0.2) is 10.8 Å². The Morgan fingerprint density at radius 1 is 1.12 bits per heavy atom. The molecule has 0 N–H and O–H groups in total. The van der Waals surface area contributed by atoms with Crippen LogP contribution in [0.1, 0.15) is 17.5 Å². The number of aromatic nitrogens is 4. The van der Waals surface area contributed by atoms with Crippen LogP contribution < -0.4 is 9.80 Å². The number of fused-ring (bicyclic) bond motifs is 1. The van der Waals surface area contributed by atoms with Gasteiger partial charge < -0.3 is 19.4 Å². The standard InChI is InChI=1S/C29H32FN9O2S/c1-3-22-28(35(2)29-34-27(23(16-31)42-29)20-4-6-21(30)7-5-20)39-18-25(32-17-24(39)33-22)37-10-8-36(9-11-37)19-26(40)38-12-14-41-15-13-38/h4-7,17-18H,3,8-15,19H2,1-2H3. The summed E-state index contributed by atoms with van der Waals surface area (Å²) in [5.41, 5.74) is 2.83. The lowest BCUT2D eigenvalue weighted by Gasteiger charge is -2.36. The number of hydrogen-bond acceptors (Lipinski definition) is 10. The molecule has 0 spiro atoms. The number of thiazole rings is 1. The lowest BCUT2D eigenvalue weighted by Crippen LogP contribution is -2.51. The Hall–Kier alpha value is -4.12. The van der Waals surface area contributed by atoms with Gasteiger partial charge in [0.2, 0.25) is 5.91 Å². The van der Waals surface area contributed by atoms with Crippen LogP contribution in [0.2, 0.25) is 0 Å². The van der Waals surface area contributed by atoms with Crippen LogP contribution in [-0.4, -0.2) is 101 Å². The highest BCUT2D eigenvalue weighted by atomic mass is 32.1. The molecule has 0 atom stereocenters. The van der Waals surface area contributed by atoms with Gasteiger partial charge in [-0.25, -0.2) is 19.3 Å². The van der Waals surface area contributed by atoms with Gasteiger partial charge in [-0.1, -0.05) is 18.3 Å². The first kappa shape index (κ1) is 28.0. The fourth-order valence-electron chi connectivity index (χ4n) is 5.40. The van der Waals surface area contributed by atoms with Crippen molar-refractivity contribution in [2.24, 2.45) is 0 Å². The van der Waals surface area contributed by atoms with Crippen LogP contribution in [0.25, 0.3) is 16.9 Å². The minimum Gasteiger partial charge on any atom is -0.378 e. The van der Waals surface area contributed by atoms with E-state index in [4.69, 9.17) is 19.7 Å². The molecule has 0 aliphatic carbocycles. The lowest BCUT2D eigenvalue weighted by atomic mass is 10.1. The van der Waals surface area contributed by atoms with Crippen molar-refractivity contribution in [1.29, 1.82) is 5.26 Å². The second kappa shape index (κ2) is 12.0. The molecule has 2 fully saturated rings. The molecular weight excluding hydrogens is 557 g/mol. The van der Waals surface area contributed by atoms with E-state index >= 15 is 0 Å². The van der Waals surface area contributed by atoms with Crippen LogP contribution in [-0.2, 0) is 16.0 Å². The number of piperazine rings is 1. The number of hydrogen-bond donors (Lipinski definition) is 0. The molecule has 0 bridgehead atoms. The van der Waals surface area contributed by atoms with Gasteiger partial charge in [0, 0.05) is 51.9 Å². The molecule has 0 radical (unpaired) electrons. The monoisotopic (exact) mass is 589 g/mol. The van der Waals surface area contributed by atoms with Gasteiger partial charge in [-0.15, -0.1) is 0 Å². The Balaban J connectivity index is 1.22. The summed E-state index contributed by atoms with van der Waals surface area (Å²) in [6, 6.07) is 8.26. The van der Waals surface area contributed by atoms with Crippen molar-refractivity contribution < 1.29 is 13.9 Å². The first-order valence-electron chi connectivity index (χ1n) is 14.1. The number of carbonyl (C=O) groups excluding carboxylic acids is 1. The minimum absolute atomic E-state index is 0.161. The highest BCUT2D eigenvalue weighted by Crippen LogP contribution is 2.37. The van der Waals surface area contributed by atoms with Gasteiger partial charge in [-0.2, -0.15) is 5.26 Å². The zero-order chi connectivity index (χ0) is 29.2. The zero-order valence-corrected chi connectivity index (χ0v) is 24.5. The van der Waals surface area contributed by atoms with Crippen molar-refractivity contribution in [3.63, 3.8) is 0 Å². The molecule has 5 heterocycles. The van der Waals surface area contributed by atoms with Crippen LogP contribution in [0.3, 0.4) is 0 Å². The number of benzene rings is 1. The number of aryl methyl sites for hydroxylation is 1. The molecule has 0 saturated carbocycles. The molecule has 1 amide bonds. The van der Waals surface area contributed by atoms with E-state index in [0.29, 0.717) is 60.5 Å². The molecule has 0 unspecified atom stereocenters. The quantitative estimate of drug-likeness (QED) is 0.321. The molecule has 4 aromatic rings. The average Bonchev–Trinajstić information content (AvgIpc) is 3.63. The molecule has 218 valence electrons. The Morgan fingerprint density at radius 3 is 2.55 bits per heavy atom. The van der Waals surface area contributed by atoms with Crippen molar-refractivity contribution in [3.8, 4) is 17.3 Å². The van der Waals surface area contributed by atoms with Crippen molar-refractivity contribution in [3.05, 3.63) is 53.0 Å². The number of anilines is 3. The number of halogens is 1. The summed E-state index contributed by atoms with van der Waals surface area (Å²) in [5, 5.41) is 10.5. The highest BCUT2D eigenvalue weighted by molar-refractivity contribution is 7.16. The van der Waals surface area contributed by atoms with Crippen LogP contribution >= 0.6 is 11.3 Å². The summed E-state index contributed by atoms with van der Waals surface area (Å²) >= 11 is 1.29. The van der Waals surface area contributed by atoms with Gasteiger partial charge in [0.25, 0.3) is 0 Å². The second-order valence-electron chi connectivity index (χ2n) is 10.3. The summed E-state index contributed by atoms with van der Waals surface area (Å²) in [4.78, 5) is 35.8. The third-order valence-electron chi connectivity index (χ3n) is 7.73. The minimum atomic E-state index is -0.338. The van der Waals surface area contributed by atoms with Crippen LogP contribution in [0.15, 0.2) is 36.7 Å². The van der Waals surface area contributed by atoms with Crippen molar-refractivity contribution in [1.82, 2.24) is 29.2 Å². The SMILES string of the molecule is CCc1nc2cnc(N3CCN(CC(=O)N4CCOCC4)CC3)cn2c1N(C)c1nc(-c2ccc(F)cc2)c(C#N)s1. The number of rotatable bonds is 7. The Kier molecular flexibility index (Phi) is 8.01. The van der Waals surface area contributed by atoms with E-state index in [9.17, 15) is 14.4 Å². The van der Waals surface area contributed by atoms with E-state index in [1.54, 1.807) is 18.3 Å². The van der Waals surface area contributed by atoms with Gasteiger partial charge in [-0.3, -0.25) is 14.1 Å². The fraction of sp³-hybridized carbons (Fsp3) is 0.414. The van der Waals surface area contributed by atoms with E-state index < -0.39 is 0 Å². The fourth-order valence-corrected chi connectivity index (χ4v) is 6.25. The smallest absolute Gasteiger partial charge is 0.236 e. The molecule has 1 aromatic carbocycles. The van der Waals surface area contributed by atoms with Gasteiger partial charge in [0.05, 0.1) is 37.8 Å². The molecule has 11 nitrogen and oxygen atoms in total. The van der Waals surface area contributed by atoms with E-state index in [1.165, 1.54) is 23.5 Å². The maximum absolute atomic E-state index is 13.5. The summed E-state index contributed by atoms with van der Waals surface area (Å²) in [7, 11) is 1.92. The highest BCUT2D eigenvalue weighted by Gasteiger charge is 2.26. The number of carbonyl (C=O) groups is 1. The third-order valence-corrected chi connectivity index (χ3v) is 8.77. The second-order valence-corrected chi connectivity index (χ2v) is 11.3. The number of nitrogens with zero attached hydrogens (tertiary/aromatic N) is 9. The average molecular weight is 590 g/mol. The predicted octanol–water partition coefficient (Wildman–Crippen LogP) is 3.17. The zero-order valence-electron chi connectivity index (χ0n) is 23.7. The van der Waals surface area contributed by atoms with E-state index in [-0.39, 0.29) is 11.7 Å². The molecular formula is C29H32FN9O2S. The van der Waals surface area contributed by atoms with Crippen LogP contribution in [0.5, 0.6) is 0 Å². The lowest BCUT2D eigenvalue weighted by molar-refractivity contribution is -0.136. The van der Waals surface area contributed by atoms with Crippen LogP contribution in [0, 0.1) is 17.1 Å². The largest absolute Gasteiger partial charge is 0.378 e. The van der Waals surface area contributed by atoms with Gasteiger partial charge >= 0.3 is 0 Å². The van der Waals surface area contributed by atoms with E-state index in [2.05, 4.69) is 22.8 Å². The molecule has 13 heteroatoms. The van der Waals surface area contributed by atoms with Gasteiger partial charge in [0.1, 0.15) is 34.1 Å². The molecule has 2 aliphatic rings. The molecule has 3 aromatic heterocycles. The van der Waals surface area contributed by atoms with E-state index in [1.807, 2.05) is 27.4 Å². The summed E-state index contributed by atoms with van der Waals surface area (Å²) in [6.07, 6.45) is 4.49. The first-order chi connectivity index (χ1) is 20.4. The molecule has 42 heavy (non-hydrogen) atoms. The Labute approximate surface area is 247 Å². The van der Waals surface area contributed by atoms with E-state index in [0.717, 1.165) is 49.2 Å². The Bertz CT molecular complexity index is 1620. The molecule has 6 rings (SSSR count). The summed E-state index contributed by atoms with van der Waals surface area (Å²) < 4.78 is 20.9. The van der Waals surface area contributed by atoms with Crippen molar-refractivity contribution >= 4 is 39.7 Å². The third kappa shape index (κ3) is 5.53. The normalized spacial score (nSPS) is 16.1. The number of ether oxygens (including phenoxy) is 1. The predicted molar refractivity (Wildman–Crippen MR) is 159 cm³/mol. The maximum atomic E-state index is 13.5. The summed E-state index contributed by atoms with van der Waals surface area (Å²) in [5.74, 6) is 1.51. The number of imidazole rings is 1. The van der Waals surface area contributed by atoms with Crippen molar-refractivity contribution in [2.75, 3.05) is 75.9 Å². The molecule has 2 aliphatic heterocycles. The number of morpholine rings is 1. The topological polar surface area (TPSA) is 106 Å². The number of nitriles is 1. The summed E-state index contributed by atoms with van der Waals surface area (Å²) in [6.45, 7) is 8.08. The Morgan fingerprint density at radius 2 is 1.86 bits per heavy atom. The maximum Gasteiger partial charge on any atom is 0.236 e.